The molecule has 0 aromatic heterocycles. The van der Waals surface area contributed by atoms with E-state index in [1.165, 1.54) is 24.0 Å². The van der Waals surface area contributed by atoms with Crippen molar-refractivity contribution in [3.05, 3.63) is 101 Å². The van der Waals surface area contributed by atoms with Crippen LogP contribution in [0.25, 0.3) is 5.57 Å². The number of allylic oxidation sites excluding steroid dienone is 2. The van der Waals surface area contributed by atoms with Gasteiger partial charge in [0, 0.05) is 22.7 Å². The van der Waals surface area contributed by atoms with Crippen LogP contribution in [-0.4, -0.2) is 35.8 Å². The van der Waals surface area contributed by atoms with Crippen LogP contribution >= 0.6 is 11.8 Å². The van der Waals surface area contributed by atoms with E-state index in [0.717, 1.165) is 28.9 Å². The Balaban J connectivity index is 1.55. The Labute approximate surface area is 233 Å². The maximum Gasteiger partial charge on any atom is 0.319 e. The minimum absolute atomic E-state index is 0.0563. The Bertz CT molecular complexity index is 1340. The van der Waals surface area contributed by atoms with Gasteiger partial charge in [-0.15, -0.1) is 11.8 Å². The van der Waals surface area contributed by atoms with E-state index in [4.69, 9.17) is 5.11 Å². The molecule has 0 radical (unpaired) electrons. The lowest BCUT2D eigenvalue weighted by molar-refractivity contribution is -0.136. The summed E-state index contributed by atoms with van der Waals surface area (Å²) in [5.41, 5.74) is 5.41. The van der Waals surface area contributed by atoms with Crippen LogP contribution in [0, 0.1) is 0 Å². The van der Waals surface area contributed by atoms with Crippen molar-refractivity contribution in [1.82, 2.24) is 10.6 Å². The standard InChI is InChI=1S/C31H33N3O4S/c1-39-27-9-5-8-26(20-27)33-31(38)34-29(23-12-10-22(11-13-23)21-6-3-2-4-7-21)24-14-16-25(17-15-24)30(37)32-19-18-28(35)36/h5-6,8-17,20,29H,2-4,7,18-19H2,1H3,(H,32,37)(H,35,36)(H2,33,34,38). The van der Waals surface area contributed by atoms with E-state index in [1.54, 1.807) is 23.9 Å². The molecule has 0 spiro atoms. The van der Waals surface area contributed by atoms with Gasteiger partial charge in [-0.3, -0.25) is 9.59 Å². The lowest BCUT2D eigenvalue weighted by atomic mass is 9.91. The van der Waals surface area contributed by atoms with E-state index in [2.05, 4.69) is 34.2 Å². The van der Waals surface area contributed by atoms with Crippen LogP contribution in [0.2, 0.25) is 0 Å². The molecule has 0 bridgehead atoms. The molecule has 0 saturated carbocycles. The fourth-order valence-corrected chi connectivity index (χ4v) is 5.02. The molecule has 1 aliphatic carbocycles. The predicted molar refractivity (Wildman–Crippen MR) is 156 cm³/mol. The lowest BCUT2D eigenvalue weighted by Gasteiger charge is -2.21. The number of hydrogen-bond acceptors (Lipinski definition) is 4. The second kappa shape index (κ2) is 13.7. The quantitative estimate of drug-likeness (QED) is 0.219. The predicted octanol–water partition coefficient (Wildman–Crippen LogP) is 6.48. The molecule has 0 heterocycles. The third kappa shape index (κ3) is 7.97. The number of thioether (sulfide) groups is 1. The van der Waals surface area contributed by atoms with Crippen LogP contribution in [0.5, 0.6) is 0 Å². The van der Waals surface area contributed by atoms with Crippen molar-refractivity contribution < 1.29 is 19.5 Å². The van der Waals surface area contributed by atoms with Crippen LogP contribution in [-0.2, 0) is 4.79 Å². The van der Waals surface area contributed by atoms with Crippen LogP contribution < -0.4 is 16.0 Å². The van der Waals surface area contributed by atoms with Gasteiger partial charge in [0.2, 0.25) is 0 Å². The molecule has 8 heteroatoms. The van der Waals surface area contributed by atoms with E-state index in [1.807, 2.05) is 54.8 Å². The van der Waals surface area contributed by atoms with Gasteiger partial charge in [0.1, 0.15) is 0 Å². The monoisotopic (exact) mass is 543 g/mol. The molecule has 1 atom stereocenters. The first kappa shape index (κ1) is 28.0. The van der Waals surface area contributed by atoms with Gasteiger partial charge in [-0.1, -0.05) is 48.5 Å². The summed E-state index contributed by atoms with van der Waals surface area (Å²) in [5.74, 6) is -1.31. The zero-order valence-corrected chi connectivity index (χ0v) is 22.7. The summed E-state index contributed by atoms with van der Waals surface area (Å²) in [5, 5.41) is 17.4. The minimum Gasteiger partial charge on any atom is -0.481 e. The molecule has 7 nitrogen and oxygen atoms in total. The number of urea groups is 1. The number of carboxylic acids is 1. The summed E-state index contributed by atoms with van der Waals surface area (Å²) < 4.78 is 0. The lowest BCUT2D eigenvalue weighted by Crippen LogP contribution is -2.33. The Kier molecular flexibility index (Phi) is 9.80. The summed E-state index contributed by atoms with van der Waals surface area (Å²) in [6, 6.07) is 22.1. The Morgan fingerprint density at radius 1 is 0.949 bits per heavy atom. The zero-order chi connectivity index (χ0) is 27.6. The summed E-state index contributed by atoms with van der Waals surface area (Å²) in [6.45, 7) is 0.0563. The molecule has 0 aliphatic heterocycles. The highest BCUT2D eigenvalue weighted by atomic mass is 32.2. The third-order valence-electron chi connectivity index (χ3n) is 6.64. The number of amides is 3. The molecule has 39 heavy (non-hydrogen) atoms. The highest BCUT2D eigenvalue weighted by Crippen LogP contribution is 2.29. The molecule has 3 amide bonds. The van der Waals surface area contributed by atoms with Gasteiger partial charge in [0.15, 0.2) is 0 Å². The van der Waals surface area contributed by atoms with Crippen molar-refractivity contribution in [3.63, 3.8) is 0 Å². The van der Waals surface area contributed by atoms with E-state index in [0.29, 0.717) is 11.3 Å². The largest absolute Gasteiger partial charge is 0.481 e. The van der Waals surface area contributed by atoms with Crippen molar-refractivity contribution in [3.8, 4) is 0 Å². The van der Waals surface area contributed by atoms with Gasteiger partial charge in [0.25, 0.3) is 5.91 Å². The van der Waals surface area contributed by atoms with Crippen LogP contribution in [0.4, 0.5) is 10.5 Å². The second-order valence-corrected chi connectivity index (χ2v) is 10.3. The van der Waals surface area contributed by atoms with Gasteiger partial charge in [0.05, 0.1) is 12.5 Å². The number of carbonyl (C=O) groups excluding carboxylic acids is 2. The zero-order valence-electron chi connectivity index (χ0n) is 21.9. The topological polar surface area (TPSA) is 108 Å². The smallest absolute Gasteiger partial charge is 0.319 e. The SMILES string of the molecule is CSc1cccc(NC(=O)NC(c2ccc(C(=O)NCCC(=O)O)cc2)c2ccc(C3=CCCCC3)cc2)c1. The number of benzene rings is 3. The molecule has 202 valence electrons. The van der Waals surface area contributed by atoms with Crippen molar-refractivity contribution in [1.29, 1.82) is 0 Å². The number of aliphatic carboxylic acids is 1. The average Bonchev–Trinajstić information content (AvgIpc) is 2.96. The summed E-state index contributed by atoms with van der Waals surface area (Å²) >= 11 is 1.60. The number of carbonyl (C=O) groups is 3. The average molecular weight is 544 g/mol. The maximum absolute atomic E-state index is 13.1. The Morgan fingerprint density at radius 3 is 2.31 bits per heavy atom. The van der Waals surface area contributed by atoms with E-state index in [9.17, 15) is 14.4 Å². The second-order valence-electron chi connectivity index (χ2n) is 9.38. The Hall–Kier alpha value is -4.04. The Morgan fingerprint density at radius 2 is 1.67 bits per heavy atom. The summed E-state index contributed by atoms with van der Waals surface area (Å²) in [7, 11) is 0. The molecular weight excluding hydrogens is 510 g/mol. The molecule has 0 fully saturated rings. The molecular formula is C31H33N3O4S. The maximum atomic E-state index is 13.1. The van der Waals surface area contributed by atoms with Crippen molar-refractivity contribution in [2.24, 2.45) is 0 Å². The van der Waals surface area contributed by atoms with E-state index in [-0.39, 0.29) is 24.9 Å². The fourth-order valence-electron chi connectivity index (χ4n) is 4.56. The number of nitrogens with one attached hydrogen (secondary N) is 3. The van der Waals surface area contributed by atoms with Crippen LogP contribution in [0.15, 0.2) is 83.8 Å². The highest BCUT2D eigenvalue weighted by Gasteiger charge is 2.19. The molecule has 3 aromatic rings. The highest BCUT2D eigenvalue weighted by molar-refractivity contribution is 7.98. The van der Waals surface area contributed by atoms with E-state index < -0.39 is 12.0 Å². The first-order valence-corrected chi connectivity index (χ1v) is 14.3. The molecule has 1 aliphatic rings. The molecule has 4 rings (SSSR count). The van der Waals surface area contributed by atoms with Gasteiger partial charge in [-0.2, -0.15) is 0 Å². The molecule has 3 aromatic carbocycles. The first-order valence-electron chi connectivity index (χ1n) is 13.0. The van der Waals surface area contributed by atoms with Crippen molar-refractivity contribution >= 4 is 40.9 Å². The fraction of sp³-hybridized carbons (Fsp3) is 0.258. The summed E-state index contributed by atoms with van der Waals surface area (Å²) in [6.07, 6.45) is 8.77. The molecule has 4 N–H and O–H groups in total. The number of hydrogen-bond donors (Lipinski definition) is 4. The molecule has 1 unspecified atom stereocenters. The van der Waals surface area contributed by atoms with Crippen molar-refractivity contribution in [2.45, 2.75) is 43.0 Å². The van der Waals surface area contributed by atoms with Crippen LogP contribution in [0.1, 0.15) is 65.2 Å². The van der Waals surface area contributed by atoms with Crippen molar-refractivity contribution in [2.75, 3.05) is 18.1 Å². The normalized spacial score (nSPS) is 13.6. The van der Waals surface area contributed by atoms with Gasteiger partial charge in [-0.05, 0) is 84.5 Å². The minimum atomic E-state index is -0.969. The van der Waals surface area contributed by atoms with Gasteiger partial charge in [-0.25, -0.2) is 4.79 Å². The number of carboxylic acid groups (broad SMARTS) is 1. The van der Waals surface area contributed by atoms with Gasteiger partial charge < -0.3 is 21.1 Å². The van der Waals surface area contributed by atoms with Gasteiger partial charge >= 0.3 is 12.0 Å². The third-order valence-corrected chi connectivity index (χ3v) is 7.36. The molecule has 0 saturated heterocycles. The van der Waals surface area contributed by atoms with Crippen LogP contribution in [0.3, 0.4) is 0 Å². The first-order chi connectivity index (χ1) is 18.9. The van der Waals surface area contributed by atoms with E-state index >= 15 is 0 Å². The number of anilines is 1. The summed E-state index contributed by atoms with van der Waals surface area (Å²) in [4.78, 5) is 37.3. The number of rotatable bonds is 10.